The number of halogens is 2. The van der Waals surface area contributed by atoms with Gasteiger partial charge in [-0.1, -0.05) is 11.6 Å². The Bertz CT molecular complexity index is 553. The van der Waals surface area contributed by atoms with Crippen molar-refractivity contribution in [3.8, 4) is 11.3 Å². The Morgan fingerprint density at radius 2 is 2.20 bits per heavy atom. The van der Waals surface area contributed by atoms with Crippen LogP contribution in [0.4, 0.5) is 4.39 Å². The van der Waals surface area contributed by atoms with E-state index in [1.807, 2.05) is 0 Å². The second kappa shape index (κ2) is 3.82. The lowest BCUT2D eigenvalue weighted by Crippen LogP contribution is -2.09. The van der Waals surface area contributed by atoms with Gasteiger partial charge in [-0.25, -0.2) is 9.37 Å². The Hall–Kier alpha value is -1.68. The zero-order valence-corrected chi connectivity index (χ0v) is 8.25. The molecule has 76 valence electrons. The maximum absolute atomic E-state index is 13.0. The molecule has 0 bridgehead atoms. The molecule has 0 radical (unpaired) electrons. The topological polar surface area (TPSA) is 45.8 Å². The molecule has 1 aromatic heterocycles. The average molecular weight is 225 g/mol. The monoisotopic (exact) mass is 224 g/mol. The number of hydrogen-bond acceptors (Lipinski definition) is 2. The van der Waals surface area contributed by atoms with E-state index in [0.717, 1.165) is 0 Å². The molecule has 1 heterocycles. The SMILES string of the molecule is O=c1[nH]ccnc1-c1cc(F)ccc1Cl. The van der Waals surface area contributed by atoms with Crippen molar-refractivity contribution < 1.29 is 4.39 Å². The second-order valence-electron chi connectivity index (χ2n) is 2.89. The molecule has 2 aromatic rings. The zero-order chi connectivity index (χ0) is 10.8. The highest BCUT2D eigenvalue weighted by Gasteiger charge is 2.09. The van der Waals surface area contributed by atoms with Crippen LogP contribution in [0.1, 0.15) is 0 Å². The van der Waals surface area contributed by atoms with Crippen molar-refractivity contribution in [2.75, 3.05) is 0 Å². The molecule has 3 nitrogen and oxygen atoms in total. The predicted octanol–water partition coefficient (Wildman–Crippen LogP) is 2.23. The molecular formula is C10H6ClFN2O. The molecule has 0 unspecified atom stereocenters. The highest BCUT2D eigenvalue weighted by Crippen LogP contribution is 2.24. The van der Waals surface area contributed by atoms with Crippen molar-refractivity contribution in [3.63, 3.8) is 0 Å². The molecule has 1 N–H and O–H groups in total. The Morgan fingerprint density at radius 1 is 1.40 bits per heavy atom. The standard InChI is InChI=1S/C10H6ClFN2O/c11-8-2-1-6(12)5-7(8)9-10(15)14-4-3-13-9/h1-5H,(H,14,15). The lowest BCUT2D eigenvalue weighted by molar-refractivity contribution is 0.628. The molecule has 15 heavy (non-hydrogen) atoms. The highest BCUT2D eigenvalue weighted by molar-refractivity contribution is 6.33. The van der Waals surface area contributed by atoms with Gasteiger partial charge in [-0.15, -0.1) is 0 Å². The van der Waals surface area contributed by atoms with Crippen molar-refractivity contribution in [1.82, 2.24) is 9.97 Å². The fourth-order valence-electron chi connectivity index (χ4n) is 1.22. The quantitative estimate of drug-likeness (QED) is 0.808. The number of hydrogen-bond donors (Lipinski definition) is 1. The summed E-state index contributed by atoms with van der Waals surface area (Å²) in [5, 5.41) is 0.292. The smallest absolute Gasteiger partial charge is 0.274 e. The number of aromatic nitrogens is 2. The lowest BCUT2D eigenvalue weighted by Gasteiger charge is -2.01. The molecule has 2 rings (SSSR count). The van der Waals surface area contributed by atoms with E-state index in [1.165, 1.54) is 30.6 Å². The van der Waals surface area contributed by atoms with Gasteiger partial charge in [0.2, 0.25) is 0 Å². The largest absolute Gasteiger partial charge is 0.326 e. The Kier molecular flexibility index (Phi) is 2.51. The van der Waals surface area contributed by atoms with Crippen LogP contribution in [0.15, 0.2) is 35.4 Å². The number of aromatic amines is 1. The van der Waals surface area contributed by atoms with E-state index < -0.39 is 11.4 Å². The Morgan fingerprint density at radius 3 is 2.93 bits per heavy atom. The van der Waals surface area contributed by atoms with Crippen LogP contribution in [0.3, 0.4) is 0 Å². The molecule has 0 aliphatic heterocycles. The van der Waals surface area contributed by atoms with Gasteiger partial charge in [0.1, 0.15) is 11.5 Å². The first kappa shape index (κ1) is 9.86. The molecule has 0 amide bonds. The number of nitrogens with zero attached hydrogens (tertiary/aromatic N) is 1. The van der Waals surface area contributed by atoms with Crippen LogP contribution in [0.25, 0.3) is 11.3 Å². The van der Waals surface area contributed by atoms with E-state index in [1.54, 1.807) is 0 Å². The second-order valence-corrected chi connectivity index (χ2v) is 3.30. The van der Waals surface area contributed by atoms with Crippen LogP contribution in [0, 0.1) is 5.82 Å². The number of rotatable bonds is 1. The average Bonchev–Trinajstić information content (AvgIpc) is 2.23. The van der Waals surface area contributed by atoms with Crippen molar-refractivity contribution in [3.05, 3.63) is 51.8 Å². The highest BCUT2D eigenvalue weighted by atomic mass is 35.5. The summed E-state index contributed by atoms with van der Waals surface area (Å²) in [5.74, 6) is -0.459. The molecule has 0 saturated heterocycles. The third-order valence-electron chi connectivity index (χ3n) is 1.89. The van der Waals surface area contributed by atoms with E-state index in [-0.39, 0.29) is 5.69 Å². The summed E-state index contributed by atoms with van der Waals surface area (Å²) >= 11 is 5.84. The van der Waals surface area contributed by atoms with Gasteiger partial charge < -0.3 is 4.98 Å². The first-order chi connectivity index (χ1) is 7.18. The third kappa shape index (κ3) is 1.89. The molecule has 0 fully saturated rings. The summed E-state index contributed by atoms with van der Waals surface area (Å²) in [5.41, 5.74) is 0.00511. The predicted molar refractivity (Wildman–Crippen MR) is 55.3 cm³/mol. The molecule has 5 heteroatoms. The number of nitrogens with one attached hydrogen (secondary N) is 1. The van der Waals surface area contributed by atoms with E-state index >= 15 is 0 Å². The van der Waals surface area contributed by atoms with Crippen LogP contribution in [-0.4, -0.2) is 9.97 Å². The molecule has 0 aliphatic carbocycles. The van der Waals surface area contributed by atoms with Crippen molar-refractivity contribution >= 4 is 11.6 Å². The first-order valence-corrected chi connectivity index (χ1v) is 4.55. The molecule has 0 atom stereocenters. The molecular weight excluding hydrogens is 219 g/mol. The molecule has 1 aromatic carbocycles. The fourth-order valence-corrected chi connectivity index (χ4v) is 1.43. The summed E-state index contributed by atoms with van der Waals surface area (Å²) in [4.78, 5) is 17.7. The maximum Gasteiger partial charge on any atom is 0.274 e. The summed E-state index contributed by atoms with van der Waals surface area (Å²) in [6.45, 7) is 0. The minimum absolute atomic E-state index is 0.113. The van der Waals surface area contributed by atoms with Crippen molar-refractivity contribution in [2.45, 2.75) is 0 Å². The van der Waals surface area contributed by atoms with Gasteiger partial charge >= 0.3 is 0 Å². The molecule has 0 spiro atoms. The van der Waals surface area contributed by atoms with E-state index in [4.69, 9.17) is 11.6 Å². The minimum Gasteiger partial charge on any atom is -0.326 e. The molecule has 0 saturated carbocycles. The summed E-state index contributed by atoms with van der Waals surface area (Å²) in [7, 11) is 0. The van der Waals surface area contributed by atoms with Gasteiger partial charge in [-0.05, 0) is 18.2 Å². The van der Waals surface area contributed by atoms with E-state index in [9.17, 15) is 9.18 Å². The summed E-state index contributed by atoms with van der Waals surface area (Å²) < 4.78 is 13.0. The van der Waals surface area contributed by atoms with Crippen LogP contribution in [0.5, 0.6) is 0 Å². The lowest BCUT2D eigenvalue weighted by atomic mass is 10.1. The van der Waals surface area contributed by atoms with Crippen LogP contribution in [0.2, 0.25) is 5.02 Å². The van der Waals surface area contributed by atoms with Gasteiger partial charge in [0.05, 0.1) is 5.02 Å². The zero-order valence-electron chi connectivity index (χ0n) is 7.50. The van der Waals surface area contributed by atoms with Crippen molar-refractivity contribution in [2.24, 2.45) is 0 Å². The van der Waals surface area contributed by atoms with Gasteiger partial charge in [0, 0.05) is 18.0 Å². The molecule has 0 aliphatic rings. The maximum atomic E-state index is 13.0. The number of H-pyrrole nitrogens is 1. The summed E-state index contributed by atoms with van der Waals surface area (Å²) in [6.07, 6.45) is 2.82. The Balaban J connectivity index is 2.69. The minimum atomic E-state index is -0.459. The van der Waals surface area contributed by atoms with Gasteiger partial charge in [0.25, 0.3) is 5.56 Å². The normalized spacial score (nSPS) is 10.3. The van der Waals surface area contributed by atoms with Crippen LogP contribution < -0.4 is 5.56 Å². The van der Waals surface area contributed by atoms with Gasteiger partial charge in [0.15, 0.2) is 0 Å². The van der Waals surface area contributed by atoms with Gasteiger partial charge in [-0.2, -0.15) is 0 Å². The van der Waals surface area contributed by atoms with Gasteiger partial charge in [-0.3, -0.25) is 4.79 Å². The third-order valence-corrected chi connectivity index (χ3v) is 2.22. The van der Waals surface area contributed by atoms with E-state index in [0.29, 0.717) is 10.6 Å². The van der Waals surface area contributed by atoms with Crippen LogP contribution >= 0.6 is 11.6 Å². The van der Waals surface area contributed by atoms with Crippen molar-refractivity contribution in [1.29, 1.82) is 0 Å². The van der Waals surface area contributed by atoms with E-state index in [2.05, 4.69) is 9.97 Å². The Labute approximate surface area is 89.6 Å². The first-order valence-electron chi connectivity index (χ1n) is 4.17. The van der Waals surface area contributed by atoms with Crippen LogP contribution in [-0.2, 0) is 0 Å². The summed E-state index contributed by atoms with van der Waals surface area (Å²) in [6, 6.07) is 3.79. The fraction of sp³-hybridized carbons (Fsp3) is 0. The number of benzene rings is 1.